The quantitative estimate of drug-likeness (QED) is 0.839. The molecule has 0 atom stereocenters. The first kappa shape index (κ1) is 17.6. The Labute approximate surface area is 131 Å². The van der Waals surface area contributed by atoms with E-state index in [9.17, 15) is 9.90 Å². The number of carbonyl (C=O) groups is 1. The fraction of sp³-hybridized carbons (Fsp3) is 0.533. The predicted molar refractivity (Wildman–Crippen MR) is 83.9 cm³/mol. The van der Waals surface area contributed by atoms with Crippen molar-refractivity contribution in [1.82, 2.24) is 9.80 Å². The first-order valence-electron chi connectivity index (χ1n) is 6.86. The maximum Gasteiger partial charge on any atom is 0.236 e. The zero-order chi connectivity index (χ0) is 16.0. The number of benzene rings is 1. The Morgan fingerprint density at radius 3 is 2.57 bits per heavy atom. The number of likely N-dealkylation sites (N-methyl/N-ethyl adjacent to an activating group) is 1. The molecule has 0 unspecified atom stereocenters. The lowest BCUT2D eigenvalue weighted by molar-refractivity contribution is -0.130. The molecule has 0 heterocycles. The van der Waals surface area contributed by atoms with Gasteiger partial charge in [0.2, 0.25) is 5.91 Å². The van der Waals surface area contributed by atoms with Gasteiger partial charge in [-0.1, -0.05) is 18.5 Å². The van der Waals surface area contributed by atoms with Crippen LogP contribution >= 0.6 is 11.6 Å². The van der Waals surface area contributed by atoms with Crippen molar-refractivity contribution >= 4 is 17.5 Å². The van der Waals surface area contributed by atoms with Crippen LogP contribution in [0.1, 0.15) is 18.9 Å². The van der Waals surface area contributed by atoms with Crippen LogP contribution in [-0.2, 0) is 11.3 Å². The van der Waals surface area contributed by atoms with Crippen molar-refractivity contribution in [1.29, 1.82) is 0 Å². The average molecular weight is 315 g/mol. The summed E-state index contributed by atoms with van der Waals surface area (Å²) in [5.41, 5.74) is 0.652. The summed E-state index contributed by atoms with van der Waals surface area (Å²) in [6.45, 7) is 3.55. The first-order chi connectivity index (χ1) is 9.88. The normalized spacial score (nSPS) is 10.8. The number of rotatable bonds is 7. The van der Waals surface area contributed by atoms with Crippen molar-refractivity contribution in [3.05, 3.63) is 22.7 Å². The zero-order valence-electron chi connectivity index (χ0n) is 13.0. The van der Waals surface area contributed by atoms with E-state index in [0.717, 1.165) is 13.0 Å². The third-order valence-electron chi connectivity index (χ3n) is 3.13. The molecule has 0 saturated carbocycles. The summed E-state index contributed by atoms with van der Waals surface area (Å²) >= 11 is 6.03. The lowest BCUT2D eigenvalue weighted by atomic mass is 10.1. The number of aromatic hydroxyl groups is 1. The maximum absolute atomic E-state index is 11.9. The number of ether oxygens (including phenoxy) is 1. The van der Waals surface area contributed by atoms with Gasteiger partial charge in [0.15, 0.2) is 11.5 Å². The van der Waals surface area contributed by atoms with E-state index in [2.05, 4.69) is 0 Å². The van der Waals surface area contributed by atoms with Crippen molar-refractivity contribution in [3.63, 3.8) is 0 Å². The van der Waals surface area contributed by atoms with Gasteiger partial charge in [-0.05, 0) is 19.0 Å². The summed E-state index contributed by atoms with van der Waals surface area (Å²) in [5.74, 6) is 0.435. The van der Waals surface area contributed by atoms with E-state index in [1.54, 1.807) is 31.1 Å². The van der Waals surface area contributed by atoms with E-state index < -0.39 is 0 Å². The van der Waals surface area contributed by atoms with Gasteiger partial charge in [-0.3, -0.25) is 9.69 Å². The number of halogens is 1. The summed E-state index contributed by atoms with van der Waals surface area (Å²) in [4.78, 5) is 15.4. The number of phenolic OH excluding ortho intramolecular Hbond substituents is 1. The van der Waals surface area contributed by atoms with Crippen LogP contribution in [0.25, 0.3) is 0 Å². The van der Waals surface area contributed by atoms with Crippen molar-refractivity contribution in [2.24, 2.45) is 0 Å². The Bertz CT molecular complexity index is 492. The molecule has 0 aliphatic carbocycles. The lowest BCUT2D eigenvalue weighted by Gasteiger charge is -2.23. The Morgan fingerprint density at radius 2 is 2.05 bits per heavy atom. The van der Waals surface area contributed by atoms with E-state index in [1.807, 2.05) is 11.8 Å². The summed E-state index contributed by atoms with van der Waals surface area (Å²) in [7, 11) is 4.94. The molecule has 1 aromatic carbocycles. The second kappa shape index (κ2) is 8.10. The minimum absolute atomic E-state index is 0.0249. The van der Waals surface area contributed by atoms with E-state index in [-0.39, 0.29) is 11.7 Å². The van der Waals surface area contributed by atoms with Gasteiger partial charge in [-0.2, -0.15) is 0 Å². The molecule has 1 aromatic rings. The number of phenols is 1. The molecule has 0 aliphatic rings. The Morgan fingerprint density at radius 1 is 1.38 bits per heavy atom. The Kier molecular flexibility index (Phi) is 6.78. The van der Waals surface area contributed by atoms with Crippen LogP contribution in [-0.4, -0.2) is 55.1 Å². The minimum Gasteiger partial charge on any atom is -0.504 e. The van der Waals surface area contributed by atoms with Gasteiger partial charge in [0, 0.05) is 37.3 Å². The van der Waals surface area contributed by atoms with Gasteiger partial charge in [-0.15, -0.1) is 0 Å². The average Bonchev–Trinajstić information content (AvgIpc) is 2.42. The summed E-state index contributed by atoms with van der Waals surface area (Å²) in [5, 5.41) is 10.7. The van der Waals surface area contributed by atoms with Crippen molar-refractivity contribution in [3.8, 4) is 11.5 Å². The molecule has 0 fully saturated rings. The lowest BCUT2D eigenvalue weighted by Crippen LogP contribution is -2.36. The second-order valence-corrected chi connectivity index (χ2v) is 5.55. The molecule has 21 heavy (non-hydrogen) atoms. The number of carbonyl (C=O) groups excluding carboxylic acids is 1. The van der Waals surface area contributed by atoms with Crippen LogP contribution in [0.5, 0.6) is 11.5 Å². The van der Waals surface area contributed by atoms with Crippen LogP contribution in [0.15, 0.2) is 12.1 Å². The maximum atomic E-state index is 11.9. The Hall–Kier alpha value is -1.46. The first-order valence-corrected chi connectivity index (χ1v) is 7.24. The zero-order valence-corrected chi connectivity index (χ0v) is 13.8. The molecule has 118 valence electrons. The number of methoxy groups -OCH3 is 1. The largest absolute Gasteiger partial charge is 0.504 e. The molecule has 0 aromatic heterocycles. The molecule has 6 heteroatoms. The molecule has 0 radical (unpaired) electrons. The SMILES string of the molecule is CCCN(CC(=O)N(C)C)Cc1cc(Cl)cc(OC)c1O. The van der Waals surface area contributed by atoms with Crippen molar-refractivity contribution in [2.75, 3.05) is 34.3 Å². The van der Waals surface area contributed by atoms with E-state index in [1.165, 1.54) is 7.11 Å². The van der Waals surface area contributed by atoms with Crippen LogP contribution in [0.3, 0.4) is 0 Å². The third-order valence-corrected chi connectivity index (χ3v) is 3.35. The standard InChI is InChI=1S/C15H23ClN2O3/c1-5-6-18(10-14(19)17(2)3)9-11-7-12(16)8-13(21-4)15(11)20/h7-8,20H,5-6,9-10H2,1-4H3. The summed E-state index contributed by atoms with van der Waals surface area (Å²) in [6.07, 6.45) is 0.916. The monoisotopic (exact) mass is 314 g/mol. The van der Waals surface area contributed by atoms with Gasteiger partial charge in [0.05, 0.1) is 13.7 Å². The van der Waals surface area contributed by atoms with Crippen LogP contribution < -0.4 is 4.74 Å². The van der Waals surface area contributed by atoms with Gasteiger partial charge >= 0.3 is 0 Å². The highest BCUT2D eigenvalue weighted by Gasteiger charge is 2.16. The van der Waals surface area contributed by atoms with Crippen molar-refractivity contribution in [2.45, 2.75) is 19.9 Å². The van der Waals surface area contributed by atoms with Gasteiger partial charge in [0.1, 0.15) is 0 Å². The molecule has 1 amide bonds. The molecular formula is C15H23ClN2O3. The summed E-state index contributed by atoms with van der Waals surface area (Å²) in [6, 6.07) is 3.26. The molecule has 0 spiro atoms. The molecule has 1 rings (SSSR count). The topological polar surface area (TPSA) is 53.0 Å². The Balaban J connectivity index is 2.93. The highest BCUT2D eigenvalue weighted by Crippen LogP contribution is 2.34. The molecular weight excluding hydrogens is 292 g/mol. The van der Waals surface area contributed by atoms with Gasteiger partial charge in [0.25, 0.3) is 0 Å². The van der Waals surface area contributed by atoms with Crippen molar-refractivity contribution < 1.29 is 14.6 Å². The molecule has 0 aliphatic heterocycles. The second-order valence-electron chi connectivity index (χ2n) is 5.11. The van der Waals surface area contributed by atoms with E-state index in [0.29, 0.717) is 29.4 Å². The van der Waals surface area contributed by atoms with Crippen LogP contribution in [0, 0.1) is 0 Å². The van der Waals surface area contributed by atoms with E-state index in [4.69, 9.17) is 16.3 Å². The fourth-order valence-corrected chi connectivity index (χ4v) is 2.24. The van der Waals surface area contributed by atoms with Gasteiger partial charge < -0.3 is 14.7 Å². The number of nitrogens with zero attached hydrogens (tertiary/aromatic N) is 2. The summed E-state index contributed by atoms with van der Waals surface area (Å²) < 4.78 is 5.10. The van der Waals surface area contributed by atoms with Crippen LogP contribution in [0.4, 0.5) is 0 Å². The fourth-order valence-electron chi connectivity index (χ4n) is 2.01. The van der Waals surface area contributed by atoms with Crippen LogP contribution in [0.2, 0.25) is 5.02 Å². The molecule has 0 bridgehead atoms. The van der Waals surface area contributed by atoms with E-state index >= 15 is 0 Å². The number of amides is 1. The number of hydrogen-bond donors (Lipinski definition) is 1. The van der Waals surface area contributed by atoms with Gasteiger partial charge in [-0.25, -0.2) is 0 Å². The number of hydrogen-bond acceptors (Lipinski definition) is 4. The third kappa shape index (κ3) is 5.10. The minimum atomic E-state index is 0.0249. The predicted octanol–water partition coefficient (Wildman–Crippen LogP) is 2.35. The molecule has 5 nitrogen and oxygen atoms in total. The smallest absolute Gasteiger partial charge is 0.236 e. The molecule has 0 saturated heterocycles. The highest BCUT2D eigenvalue weighted by atomic mass is 35.5. The molecule has 1 N–H and O–H groups in total. The highest BCUT2D eigenvalue weighted by molar-refractivity contribution is 6.30.